The standard InChI is InChI=1S/C10H19NS/c1-2-6-11(7-3-1)10-4-8-12-9-5-10/h10H,1-9H2. The van der Waals surface area contributed by atoms with Crippen LogP contribution in [0.4, 0.5) is 0 Å². The van der Waals surface area contributed by atoms with E-state index in [0.29, 0.717) is 0 Å². The Morgan fingerprint density at radius 1 is 0.917 bits per heavy atom. The number of piperidine rings is 1. The molecule has 0 radical (unpaired) electrons. The first kappa shape index (κ1) is 8.89. The lowest BCUT2D eigenvalue weighted by Gasteiger charge is -2.36. The average Bonchev–Trinajstić information content (AvgIpc) is 2.21. The molecule has 2 aliphatic heterocycles. The summed E-state index contributed by atoms with van der Waals surface area (Å²) in [5.41, 5.74) is 0. The molecule has 0 amide bonds. The van der Waals surface area contributed by atoms with Gasteiger partial charge in [0, 0.05) is 6.04 Å². The maximum absolute atomic E-state index is 2.74. The number of hydrogen-bond acceptors (Lipinski definition) is 2. The van der Waals surface area contributed by atoms with E-state index >= 15 is 0 Å². The summed E-state index contributed by atoms with van der Waals surface area (Å²) in [5, 5.41) is 0. The predicted octanol–water partition coefficient (Wildman–Crippen LogP) is 2.37. The summed E-state index contributed by atoms with van der Waals surface area (Å²) in [5.74, 6) is 2.81. The average molecular weight is 185 g/mol. The van der Waals surface area contributed by atoms with Gasteiger partial charge in [-0.1, -0.05) is 6.42 Å². The van der Waals surface area contributed by atoms with Gasteiger partial charge in [-0.3, -0.25) is 0 Å². The molecule has 2 aliphatic rings. The van der Waals surface area contributed by atoms with Crippen molar-refractivity contribution in [3.05, 3.63) is 0 Å². The van der Waals surface area contributed by atoms with E-state index in [2.05, 4.69) is 16.7 Å². The SMILES string of the molecule is C1CCN(C2CCSCC2)CC1. The van der Waals surface area contributed by atoms with Crippen LogP contribution in [-0.2, 0) is 0 Å². The second-order valence-corrected chi connectivity index (χ2v) is 5.16. The van der Waals surface area contributed by atoms with E-state index in [1.807, 2.05) is 0 Å². The van der Waals surface area contributed by atoms with Crippen LogP contribution < -0.4 is 0 Å². The van der Waals surface area contributed by atoms with Crippen LogP contribution in [0.3, 0.4) is 0 Å². The molecule has 2 fully saturated rings. The summed E-state index contributed by atoms with van der Waals surface area (Å²) in [6.45, 7) is 2.77. The molecule has 0 saturated carbocycles. The Morgan fingerprint density at radius 2 is 1.58 bits per heavy atom. The maximum Gasteiger partial charge on any atom is 0.0111 e. The fraction of sp³-hybridized carbons (Fsp3) is 1.00. The second-order valence-electron chi connectivity index (χ2n) is 3.94. The molecule has 0 aromatic carbocycles. The van der Waals surface area contributed by atoms with Crippen LogP contribution in [0.1, 0.15) is 32.1 Å². The Morgan fingerprint density at radius 3 is 2.25 bits per heavy atom. The van der Waals surface area contributed by atoms with Gasteiger partial charge >= 0.3 is 0 Å². The van der Waals surface area contributed by atoms with Crippen LogP contribution in [-0.4, -0.2) is 35.5 Å². The monoisotopic (exact) mass is 185 g/mol. The van der Waals surface area contributed by atoms with Gasteiger partial charge in [0.05, 0.1) is 0 Å². The van der Waals surface area contributed by atoms with Crippen molar-refractivity contribution in [1.82, 2.24) is 4.90 Å². The third kappa shape index (κ3) is 2.17. The molecule has 2 heteroatoms. The first-order chi connectivity index (χ1) is 5.97. The molecule has 2 rings (SSSR count). The van der Waals surface area contributed by atoms with Crippen molar-refractivity contribution in [3.8, 4) is 0 Å². The van der Waals surface area contributed by atoms with E-state index in [1.165, 1.54) is 56.7 Å². The number of rotatable bonds is 1. The molecule has 1 nitrogen and oxygen atoms in total. The minimum absolute atomic E-state index is 0.951. The lowest BCUT2D eigenvalue weighted by Crippen LogP contribution is -2.41. The van der Waals surface area contributed by atoms with Gasteiger partial charge in [0.1, 0.15) is 0 Å². The van der Waals surface area contributed by atoms with Gasteiger partial charge in [0.2, 0.25) is 0 Å². The lowest BCUT2D eigenvalue weighted by molar-refractivity contribution is 0.154. The molecule has 2 saturated heterocycles. The Kier molecular flexibility index (Phi) is 3.35. The summed E-state index contributed by atoms with van der Waals surface area (Å²) >= 11 is 2.14. The van der Waals surface area contributed by atoms with Crippen LogP contribution >= 0.6 is 11.8 Å². The molecule has 0 aromatic heterocycles. The molecule has 0 spiro atoms. The molecule has 0 atom stereocenters. The quantitative estimate of drug-likeness (QED) is 0.617. The highest BCUT2D eigenvalue weighted by Crippen LogP contribution is 2.24. The fourth-order valence-electron chi connectivity index (χ4n) is 2.33. The Balaban J connectivity index is 1.80. The zero-order valence-corrected chi connectivity index (χ0v) is 8.61. The number of likely N-dealkylation sites (tertiary alicyclic amines) is 1. The minimum Gasteiger partial charge on any atom is -0.300 e. The van der Waals surface area contributed by atoms with Gasteiger partial charge in [0.25, 0.3) is 0 Å². The Labute approximate surface area is 79.9 Å². The third-order valence-electron chi connectivity index (χ3n) is 3.10. The van der Waals surface area contributed by atoms with Crippen molar-refractivity contribution in [2.24, 2.45) is 0 Å². The van der Waals surface area contributed by atoms with Crippen molar-refractivity contribution < 1.29 is 0 Å². The predicted molar refractivity (Wildman–Crippen MR) is 55.8 cm³/mol. The van der Waals surface area contributed by atoms with E-state index in [0.717, 1.165) is 6.04 Å². The molecule has 0 bridgehead atoms. The molecular formula is C10H19NS. The molecular weight excluding hydrogens is 166 g/mol. The molecule has 0 unspecified atom stereocenters. The van der Waals surface area contributed by atoms with E-state index in [-0.39, 0.29) is 0 Å². The van der Waals surface area contributed by atoms with E-state index < -0.39 is 0 Å². The number of hydrogen-bond donors (Lipinski definition) is 0. The molecule has 70 valence electrons. The number of thioether (sulfide) groups is 1. The van der Waals surface area contributed by atoms with Crippen LogP contribution in [0.2, 0.25) is 0 Å². The zero-order chi connectivity index (χ0) is 8.23. The molecule has 0 N–H and O–H groups in total. The highest BCUT2D eigenvalue weighted by atomic mass is 32.2. The van der Waals surface area contributed by atoms with Gasteiger partial charge in [0.15, 0.2) is 0 Å². The van der Waals surface area contributed by atoms with Gasteiger partial charge in [-0.25, -0.2) is 0 Å². The van der Waals surface area contributed by atoms with Gasteiger partial charge in [-0.05, 0) is 50.3 Å². The topological polar surface area (TPSA) is 3.24 Å². The first-order valence-corrected chi connectivity index (χ1v) is 6.44. The zero-order valence-electron chi connectivity index (χ0n) is 7.80. The Bertz CT molecular complexity index is 110. The van der Waals surface area contributed by atoms with Crippen molar-refractivity contribution in [2.45, 2.75) is 38.1 Å². The van der Waals surface area contributed by atoms with Crippen molar-refractivity contribution in [3.63, 3.8) is 0 Å². The molecule has 12 heavy (non-hydrogen) atoms. The van der Waals surface area contributed by atoms with Crippen LogP contribution in [0.15, 0.2) is 0 Å². The summed E-state index contributed by atoms with van der Waals surface area (Å²) in [4.78, 5) is 2.74. The maximum atomic E-state index is 2.74. The van der Waals surface area contributed by atoms with Gasteiger partial charge in [-0.15, -0.1) is 0 Å². The highest BCUT2D eigenvalue weighted by molar-refractivity contribution is 7.99. The normalized spacial score (nSPS) is 29.0. The first-order valence-electron chi connectivity index (χ1n) is 5.28. The van der Waals surface area contributed by atoms with Crippen molar-refractivity contribution in [2.75, 3.05) is 24.6 Å². The molecule has 2 heterocycles. The smallest absolute Gasteiger partial charge is 0.0111 e. The summed E-state index contributed by atoms with van der Waals surface area (Å²) in [6.07, 6.45) is 7.26. The van der Waals surface area contributed by atoms with Gasteiger partial charge < -0.3 is 4.90 Å². The summed E-state index contributed by atoms with van der Waals surface area (Å²) in [7, 11) is 0. The highest BCUT2D eigenvalue weighted by Gasteiger charge is 2.22. The van der Waals surface area contributed by atoms with E-state index in [4.69, 9.17) is 0 Å². The minimum atomic E-state index is 0.951. The lowest BCUT2D eigenvalue weighted by atomic mass is 10.0. The number of nitrogens with zero attached hydrogens (tertiary/aromatic N) is 1. The van der Waals surface area contributed by atoms with E-state index in [1.54, 1.807) is 0 Å². The third-order valence-corrected chi connectivity index (χ3v) is 4.15. The fourth-order valence-corrected chi connectivity index (χ4v) is 3.42. The van der Waals surface area contributed by atoms with Crippen LogP contribution in [0.25, 0.3) is 0 Å². The van der Waals surface area contributed by atoms with Gasteiger partial charge in [-0.2, -0.15) is 11.8 Å². The van der Waals surface area contributed by atoms with E-state index in [9.17, 15) is 0 Å². The van der Waals surface area contributed by atoms with Crippen LogP contribution in [0.5, 0.6) is 0 Å². The molecule has 0 aliphatic carbocycles. The Hall–Kier alpha value is 0.310. The summed E-state index contributed by atoms with van der Waals surface area (Å²) < 4.78 is 0. The summed E-state index contributed by atoms with van der Waals surface area (Å²) in [6, 6.07) is 0.951. The van der Waals surface area contributed by atoms with Crippen molar-refractivity contribution >= 4 is 11.8 Å². The van der Waals surface area contributed by atoms with Crippen LogP contribution in [0, 0.1) is 0 Å². The largest absolute Gasteiger partial charge is 0.300 e. The second kappa shape index (κ2) is 4.52. The van der Waals surface area contributed by atoms with Crippen molar-refractivity contribution in [1.29, 1.82) is 0 Å². The molecule has 0 aromatic rings.